The van der Waals surface area contributed by atoms with Crippen LogP contribution >= 0.6 is 12.4 Å². The summed E-state index contributed by atoms with van der Waals surface area (Å²) < 4.78 is 27.4. The maximum atomic E-state index is 13.7. The van der Waals surface area contributed by atoms with Gasteiger partial charge in [0.2, 0.25) is 5.91 Å². The van der Waals surface area contributed by atoms with Gasteiger partial charge in [0.25, 0.3) is 0 Å². The van der Waals surface area contributed by atoms with Gasteiger partial charge in [-0.3, -0.25) is 4.79 Å². The summed E-state index contributed by atoms with van der Waals surface area (Å²) in [5, 5.41) is 0. The first-order valence-corrected chi connectivity index (χ1v) is 7.16. The summed E-state index contributed by atoms with van der Waals surface area (Å²) in [5.41, 5.74) is 5.54. The molecule has 0 saturated heterocycles. The summed E-state index contributed by atoms with van der Waals surface area (Å²) in [6, 6.07) is 3.81. The van der Waals surface area contributed by atoms with Gasteiger partial charge in [-0.25, -0.2) is 8.78 Å². The van der Waals surface area contributed by atoms with Gasteiger partial charge in [-0.2, -0.15) is 0 Å². The number of nitrogens with zero attached hydrogens (tertiary/aromatic N) is 1. The van der Waals surface area contributed by atoms with Crippen LogP contribution in [0.3, 0.4) is 0 Å². The van der Waals surface area contributed by atoms with Crippen LogP contribution in [0, 0.1) is 23.0 Å². The van der Waals surface area contributed by atoms with Crippen molar-refractivity contribution in [2.24, 2.45) is 17.1 Å². The minimum atomic E-state index is -0.569. The first-order valence-electron chi connectivity index (χ1n) is 7.16. The maximum Gasteiger partial charge on any atom is 0.226 e. The minimum absolute atomic E-state index is 0. The molecule has 3 nitrogen and oxygen atoms in total. The summed E-state index contributed by atoms with van der Waals surface area (Å²) in [5.74, 6) is -1.87. The molecular formula is C16H23ClF2N2O. The average Bonchev–Trinajstić information content (AvgIpc) is 3.17. The maximum absolute atomic E-state index is 13.7. The van der Waals surface area contributed by atoms with E-state index in [-0.39, 0.29) is 41.1 Å². The van der Waals surface area contributed by atoms with E-state index in [1.807, 2.05) is 13.8 Å². The van der Waals surface area contributed by atoms with Gasteiger partial charge >= 0.3 is 0 Å². The summed E-state index contributed by atoms with van der Waals surface area (Å²) in [6.45, 7) is 4.97. The van der Waals surface area contributed by atoms with Gasteiger partial charge < -0.3 is 10.6 Å². The molecule has 2 unspecified atom stereocenters. The van der Waals surface area contributed by atoms with Crippen LogP contribution in [0.4, 0.5) is 8.78 Å². The van der Waals surface area contributed by atoms with E-state index in [0.717, 1.165) is 0 Å². The standard InChI is InChI=1S/C16H22F2N2O.ClH/c1-16(2,8-19)9-20(3)15(21)11-7-10(11)14-12(17)5-4-6-13(14)18;/h4-6,10-11H,7-9,19H2,1-3H3;1H. The molecule has 1 aromatic rings. The number of hydrogen-bond donors (Lipinski definition) is 1. The number of rotatable bonds is 5. The summed E-state index contributed by atoms with van der Waals surface area (Å²) in [4.78, 5) is 14.0. The average molecular weight is 333 g/mol. The number of nitrogens with two attached hydrogens (primary N) is 1. The van der Waals surface area contributed by atoms with Crippen LogP contribution < -0.4 is 5.73 Å². The molecule has 2 N–H and O–H groups in total. The molecule has 0 radical (unpaired) electrons. The monoisotopic (exact) mass is 332 g/mol. The summed E-state index contributed by atoms with van der Waals surface area (Å²) in [7, 11) is 1.72. The van der Waals surface area contributed by atoms with Crippen molar-refractivity contribution in [1.82, 2.24) is 4.90 Å². The second-order valence-electron chi connectivity index (χ2n) is 6.65. The highest BCUT2D eigenvalue weighted by Crippen LogP contribution is 2.50. The Balaban J connectivity index is 0.00000242. The van der Waals surface area contributed by atoms with Gasteiger partial charge in [0.05, 0.1) is 0 Å². The fourth-order valence-corrected chi connectivity index (χ4v) is 2.72. The zero-order valence-electron chi connectivity index (χ0n) is 13.1. The van der Waals surface area contributed by atoms with Crippen molar-refractivity contribution < 1.29 is 13.6 Å². The molecule has 1 aliphatic rings. The summed E-state index contributed by atoms with van der Waals surface area (Å²) in [6.07, 6.45) is 0.504. The van der Waals surface area contributed by atoms with Gasteiger partial charge in [0.15, 0.2) is 0 Å². The van der Waals surface area contributed by atoms with Crippen molar-refractivity contribution in [1.29, 1.82) is 0 Å². The first-order chi connectivity index (χ1) is 9.76. The van der Waals surface area contributed by atoms with E-state index in [4.69, 9.17) is 5.73 Å². The largest absolute Gasteiger partial charge is 0.345 e. The van der Waals surface area contributed by atoms with Crippen LogP contribution in [-0.4, -0.2) is 30.9 Å². The lowest BCUT2D eigenvalue weighted by atomic mass is 9.93. The lowest BCUT2D eigenvalue weighted by molar-refractivity contribution is -0.132. The highest BCUT2D eigenvalue weighted by Gasteiger charge is 2.47. The second kappa shape index (κ2) is 6.92. The predicted molar refractivity (Wildman–Crippen MR) is 84.9 cm³/mol. The third kappa shape index (κ3) is 3.96. The lowest BCUT2D eigenvalue weighted by Gasteiger charge is -2.29. The third-order valence-electron chi connectivity index (χ3n) is 4.07. The second-order valence-corrected chi connectivity index (χ2v) is 6.65. The molecule has 1 amide bonds. The number of hydrogen-bond acceptors (Lipinski definition) is 2. The molecule has 1 aliphatic carbocycles. The number of amides is 1. The Morgan fingerprint density at radius 3 is 2.41 bits per heavy atom. The Bertz CT molecular complexity index is 531. The van der Waals surface area contributed by atoms with E-state index >= 15 is 0 Å². The predicted octanol–water partition coefficient (Wildman–Crippen LogP) is 2.93. The summed E-state index contributed by atoms with van der Waals surface area (Å²) >= 11 is 0. The molecular weight excluding hydrogens is 310 g/mol. The molecule has 22 heavy (non-hydrogen) atoms. The van der Waals surface area contributed by atoms with Crippen LogP contribution in [0.1, 0.15) is 31.7 Å². The topological polar surface area (TPSA) is 46.3 Å². The smallest absolute Gasteiger partial charge is 0.226 e. The number of carbonyl (C=O) groups excluding carboxylic acids is 1. The molecule has 124 valence electrons. The van der Waals surface area contributed by atoms with Crippen LogP contribution in [0.2, 0.25) is 0 Å². The van der Waals surface area contributed by atoms with Crippen LogP contribution in [-0.2, 0) is 4.79 Å². The Labute approximate surface area is 136 Å². The van der Waals surface area contributed by atoms with Crippen molar-refractivity contribution in [2.45, 2.75) is 26.2 Å². The highest BCUT2D eigenvalue weighted by molar-refractivity contribution is 5.85. The van der Waals surface area contributed by atoms with Crippen LogP contribution in [0.5, 0.6) is 0 Å². The van der Waals surface area contributed by atoms with E-state index in [1.54, 1.807) is 11.9 Å². The molecule has 0 aliphatic heterocycles. The van der Waals surface area contributed by atoms with Gasteiger partial charge in [0, 0.05) is 31.0 Å². The van der Waals surface area contributed by atoms with Gasteiger partial charge in [0.1, 0.15) is 11.6 Å². The normalized spacial score (nSPS) is 20.3. The van der Waals surface area contributed by atoms with Crippen molar-refractivity contribution in [3.8, 4) is 0 Å². The number of benzene rings is 1. The van der Waals surface area contributed by atoms with Gasteiger partial charge in [-0.1, -0.05) is 19.9 Å². The fraction of sp³-hybridized carbons (Fsp3) is 0.562. The minimum Gasteiger partial charge on any atom is -0.345 e. The number of halogens is 3. The molecule has 0 spiro atoms. The van der Waals surface area contributed by atoms with Gasteiger partial charge in [-0.15, -0.1) is 12.4 Å². The van der Waals surface area contributed by atoms with E-state index in [1.165, 1.54) is 18.2 Å². The van der Waals surface area contributed by atoms with E-state index in [0.29, 0.717) is 19.5 Å². The zero-order valence-corrected chi connectivity index (χ0v) is 13.9. The Hall–Kier alpha value is -1.20. The Morgan fingerprint density at radius 2 is 1.91 bits per heavy atom. The molecule has 2 rings (SSSR count). The lowest BCUT2D eigenvalue weighted by Crippen LogP contribution is -2.40. The number of carbonyl (C=O) groups is 1. The first kappa shape index (κ1) is 18.8. The molecule has 1 aromatic carbocycles. The van der Waals surface area contributed by atoms with Gasteiger partial charge in [-0.05, 0) is 30.5 Å². The SMILES string of the molecule is CN(CC(C)(C)CN)C(=O)C1CC1c1c(F)cccc1F.Cl. The van der Waals surface area contributed by atoms with E-state index in [2.05, 4.69) is 0 Å². The Kier molecular flexibility index (Phi) is 5.93. The molecule has 0 heterocycles. The van der Waals surface area contributed by atoms with E-state index in [9.17, 15) is 13.6 Å². The molecule has 1 fully saturated rings. The van der Waals surface area contributed by atoms with Crippen LogP contribution in [0.25, 0.3) is 0 Å². The molecule has 0 bridgehead atoms. The van der Waals surface area contributed by atoms with Crippen molar-refractivity contribution in [3.05, 3.63) is 35.4 Å². The highest BCUT2D eigenvalue weighted by atomic mass is 35.5. The molecule has 0 aromatic heterocycles. The van der Waals surface area contributed by atoms with Crippen molar-refractivity contribution in [2.75, 3.05) is 20.1 Å². The van der Waals surface area contributed by atoms with Crippen molar-refractivity contribution in [3.63, 3.8) is 0 Å². The van der Waals surface area contributed by atoms with Crippen molar-refractivity contribution >= 4 is 18.3 Å². The van der Waals surface area contributed by atoms with Crippen LogP contribution in [0.15, 0.2) is 18.2 Å². The Morgan fingerprint density at radius 1 is 1.36 bits per heavy atom. The molecule has 2 atom stereocenters. The quantitative estimate of drug-likeness (QED) is 0.901. The third-order valence-corrected chi connectivity index (χ3v) is 4.07. The molecule has 1 saturated carbocycles. The van der Waals surface area contributed by atoms with E-state index < -0.39 is 11.6 Å². The molecule has 6 heteroatoms. The zero-order chi connectivity index (χ0) is 15.8. The fourth-order valence-electron chi connectivity index (χ4n) is 2.72.